The van der Waals surface area contributed by atoms with Gasteiger partial charge >= 0.3 is 0 Å². The zero-order valence-corrected chi connectivity index (χ0v) is 18.8. The smallest absolute Gasteiger partial charge is 0.0933 e. The molecule has 2 nitrogen and oxygen atoms in total. The van der Waals surface area contributed by atoms with Gasteiger partial charge in [0.15, 0.2) is 0 Å². The third kappa shape index (κ3) is 4.40. The van der Waals surface area contributed by atoms with Crippen molar-refractivity contribution >= 4 is 0 Å². The normalized spacial score (nSPS) is 23.0. The van der Waals surface area contributed by atoms with E-state index in [1.807, 2.05) is 38.1 Å². The maximum absolute atomic E-state index is 11.6. The molecule has 0 radical (unpaired) electrons. The molecule has 2 fully saturated rings. The highest BCUT2D eigenvalue weighted by Crippen LogP contribution is 2.50. The van der Waals surface area contributed by atoms with E-state index in [0.717, 1.165) is 11.1 Å². The molecule has 160 valence electrons. The summed E-state index contributed by atoms with van der Waals surface area (Å²) in [6.07, 6.45) is 9.12. The fourth-order valence-corrected chi connectivity index (χ4v) is 5.06. The zero-order chi connectivity index (χ0) is 21.5. The van der Waals surface area contributed by atoms with Crippen LogP contribution in [0.3, 0.4) is 0 Å². The molecule has 30 heavy (non-hydrogen) atoms. The van der Waals surface area contributed by atoms with Crippen molar-refractivity contribution in [2.75, 3.05) is 0 Å². The molecule has 2 heteroatoms. The van der Waals surface area contributed by atoms with Gasteiger partial charge in [0.05, 0.1) is 11.2 Å². The summed E-state index contributed by atoms with van der Waals surface area (Å²) in [7, 11) is 0. The first-order valence-corrected chi connectivity index (χ1v) is 11.5. The Morgan fingerprint density at radius 2 is 1.10 bits per heavy atom. The van der Waals surface area contributed by atoms with Crippen molar-refractivity contribution in [3.63, 3.8) is 0 Å². The van der Waals surface area contributed by atoms with Crippen molar-refractivity contribution in [2.24, 2.45) is 23.7 Å². The summed E-state index contributed by atoms with van der Waals surface area (Å²) in [4.78, 5) is 0. The number of hydrogen-bond donors (Lipinski definition) is 2. The first-order valence-electron chi connectivity index (χ1n) is 11.5. The molecular formula is C28H36O2. The highest BCUT2D eigenvalue weighted by molar-refractivity contribution is 5.31. The Bertz CT molecular complexity index is 840. The van der Waals surface area contributed by atoms with Crippen molar-refractivity contribution < 1.29 is 10.2 Å². The van der Waals surface area contributed by atoms with Crippen LogP contribution >= 0.6 is 0 Å². The number of hydrogen-bond acceptors (Lipinski definition) is 2. The molecule has 0 bridgehead atoms. The summed E-state index contributed by atoms with van der Waals surface area (Å²) >= 11 is 0. The maximum Gasteiger partial charge on any atom is 0.0933 e. The van der Waals surface area contributed by atoms with Crippen molar-refractivity contribution in [3.05, 3.63) is 82.9 Å². The molecule has 0 amide bonds. The fraction of sp³-hybridized carbons (Fsp3) is 0.500. The van der Waals surface area contributed by atoms with Gasteiger partial charge in [0.2, 0.25) is 0 Å². The van der Waals surface area contributed by atoms with Gasteiger partial charge in [-0.3, -0.25) is 0 Å². The predicted molar refractivity (Wildman–Crippen MR) is 123 cm³/mol. The van der Waals surface area contributed by atoms with Crippen molar-refractivity contribution in [1.82, 2.24) is 0 Å². The average molecular weight is 405 g/mol. The monoisotopic (exact) mass is 404 g/mol. The molecule has 2 aliphatic rings. The minimum atomic E-state index is -0.910. The van der Waals surface area contributed by atoms with Crippen LogP contribution in [0.1, 0.15) is 61.8 Å². The number of rotatable bonds is 8. The standard InChI is InChI=1S/C28H36O2/c1-19-7-5-9-23(17-19)27(3,29)25(21-11-12-21)15-16-26(22-13-14-22)28(4,30)24-10-6-8-20(2)18-24/h5-10,15-18,21-22,25-26,29-30H,11-14H2,1-4H3/b16-15-/t25-,26+,27-,28-/m0/s1. The molecule has 0 saturated heterocycles. The Hall–Kier alpha value is -1.90. The first-order chi connectivity index (χ1) is 14.2. The highest BCUT2D eigenvalue weighted by Gasteiger charge is 2.45. The van der Waals surface area contributed by atoms with Crippen LogP contribution in [-0.2, 0) is 11.2 Å². The Morgan fingerprint density at radius 1 is 0.733 bits per heavy atom. The molecule has 4 atom stereocenters. The molecule has 2 aliphatic carbocycles. The second kappa shape index (κ2) is 7.98. The lowest BCUT2D eigenvalue weighted by Gasteiger charge is -2.35. The largest absolute Gasteiger partial charge is 0.385 e. The van der Waals surface area contributed by atoms with Gasteiger partial charge in [0, 0.05) is 11.8 Å². The lowest BCUT2D eigenvalue weighted by molar-refractivity contribution is -0.00258. The summed E-state index contributed by atoms with van der Waals surface area (Å²) < 4.78 is 0. The number of benzene rings is 2. The van der Waals surface area contributed by atoms with Gasteiger partial charge in [0.1, 0.15) is 0 Å². The Kier molecular flexibility index (Phi) is 5.67. The Balaban J connectivity index is 1.64. The van der Waals surface area contributed by atoms with E-state index in [2.05, 4.69) is 50.3 Å². The maximum atomic E-state index is 11.6. The quantitative estimate of drug-likeness (QED) is 0.528. The second-order valence-corrected chi connectivity index (χ2v) is 10.1. The Morgan fingerprint density at radius 3 is 1.40 bits per heavy atom. The molecule has 0 heterocycles. The van der Waals surface area contributed by atoms with Crippen LogP contribution in [0, 0.1) is 37.5 Å². The van der Waals surface area contributed by atoms with Gasteiger partial charge in [-0.05, 0) is 76.3 Å². The molecule has 0 unspecified atom stereocenters. The van der Waals surface area contributed by atoms with Gasteiger partial charge in [-0.15, -0.1) is 0 Å². The van der Waals surface area contributed by atoms with Gasteiger partial charge in [-0.2, -0.15) is 0 Å². The summed E-state index contributed by atoms with van der Waals surface area (Å²) in [6.45, 7) is 8.06. The molecule has 2 N–H and O–H groups in total. The van der Waals surface area contributed by atoms with E-state index >= 15 is 0 Å². The predicted octanol–water partition coefficient (Wildman–Crippen LogP) is 6.03. The van der Waals surface area contributed by atoms with Crippen LogP contribution in [0.15, 0.2) is 60.7 Å². The van der Waals surface area contributed by atoms with E-state index in [0.29, 0.717) is 11.8 Å². The molecule has 0 aromatic heterocycles. The zero-order valence-electron chi connectivity index (χ0n) is 18.8. The van der Waals surface area contributed by atoms with Crippen molar-refractivity contribution in [2.45, 2.75) is 64.6 Å². The van der Waals surface area contributed by atoms with Crippen molar-refractivity contribution in [1.29, 1.82) is 0 Å². The summed E-state index contributed by atoms with van der Waals surface area (Å²) in [5.74, 6) is 1.16. The molecule has 4 rings (SSSR count). The van der Waals surface area contributed by atoms with E-state index < -0.39 is 11.2 Å². The van der Waals surface area contributed by atoms with Gasteiger partial charge in [0.25, 0.3) is 0 Å². The van der Waals surface area contributed by atoms with Gasteiger partial charge in [-0.1, -0.05) is 71.8 Å². The van der Waals surface area contributed by atoms with E-state index in [-0.39, 0.29) is 11.8 Å². The van der Waals surface area contributed by atoms with E-state index in [1.54, 1.807) is 0 Å². The van der Waals surface area contributed by atoms with Crippen LogP contribution in [0.2, 0.25) is 0 Å². The van der Waals surface area contributed by atoms with E-state index in [1.165, 1.54) is 36.8 Å². The van der Waals surface area contributed by atoms with Crippen LogP contribution in [0.25, 0.3) is 0 Å². The minimum Gasteiger partial charge on any atom is -0.385 e. The lowest BCUT2D eigenvalue weighted by atomic mass is 9.75. The summed E-state index contributed by atoms with van der Waals surface area (Å²) in [5.41, 5.74) is 2.49. The van der Waals surface area contributed by atoms with Crippen LogP contribution in [0.5, 0.6) is 0 Å². The lowest BCUT2D eigenvalue weighted by Crippen LogP contribution is -2.34. The van der Waals surface area contributed by atoms with Crippen LogP contribution in [0.4, 0.5) is 0 Å². The number of aryl methyl sites for hydroxylation is 2. The summed E-state index contributed by atoms with van der Waals surface area (Å²) in [6, 6.07) is 16.5. The van der Waals surface area contributed by atoms with Gasteiger partial charge < -0.3 is 10.2 Å². The molecule has 2 aromatic rings. The minimum absolute atomic E-state index is 0.0638. The highest BCUT2D eigenvalue weighted by atomic mass is 16.3. The molecular weight excluding hydrogens is 368 g/mol. The molecule has 2 aromatic carbocycles. The summed E-state index contributed by atoms with van der Waals surface area (Å²) in [5, 5.41) is 23.2. The topological polar surface area (TPSA) is 40.5 Å². The second-order valence-electron chi connectivity index (χ2n) is 10.1. The molecule has 2 saturated carbocycles. The average Bonchev–Trinajstić information content (AvgIpc) is 3.59. The van der Waals surface area contributed by atoms with Crippen molar-refractivity contribution in [3.8, 4) is 0 Å². The first kappa shape index (κ1) is 21.3. The fourth-order valence-electron chi connectivity index (χ4n) is 5.06. The number of aliphatic hydroxyl groups is 2. The van der Waals surface area contributed by atoms with E-state index in [4.69, 9.17) is 0 Å². The molecule has 0 aliphatic heterocycles. The molecule has 0 spiro atoms. The van der Waals surface area contributed by atoms with Crippen LogP contribution < -0.4 is 0 Å². The van der Waals surface area contributed by atoms with Gasteiger partial charge in [-0.25, -0.2) is 0 Å². The van der Waals surface area contributed by atoms with E-state index in [9.17, 15) is 10.2 Å². The SMILES string of the molecule is Cc1cccc([C@](C)(O)[C@H](/C=C\[C@@H](C2CC2)[C@@](C)(O)c2cccc(C)c2)C2CC2)c1. The Labute approximate surface area is 181 Å². The third-order valence-electron chi connectivity index (χ3n) is 7.29. The van der Waals surface area contributed by atoms with Crippen LogP contribution in [-0.4, -0.2) is 10.2 Å². The third-order valence-corrected chi connectivity index (χ3v) is 7.29.